The van der Waals surface area contributed by atoms with Gasteiger partial charge in [0.25, 0.3) is 0 Å². The third kappa shape index (κ3) is 6.95. The minimum atomic E-state index is -4.44. The summed E-state index contributed by atoms with van der Waals surface area (Å²) in [5.41, 5.74) is -0.759. The van der Waals surface area contributed by atoms with Gasteiger partial charge in [-0.05, 0) is 18.2 Å². The first kappa shape index (κ1) is 21.8. The number of nitrogens with one attached hydrogen (secondary N) is 1. The number of halogens is 3. The van der Waals surface area contributed by atoms with Crippen molar-refractivity contribution in [2.45, 2.75) is 24.0 Å². The summed E-state index contributed by atoms with van der Waals surface area (Å²) in [6.07, 6.45) is -1.34. The van der Waals surface area contributed by atoms with Gasteiger partial charge in [0, 0.05) is 30.7 Å². The minimum absolute atomic E-state index is 0.102. The second-order valence-corrected chi connectivity index (χ2v) is 6.50. The molecule has 0 aromatic heterocycles. The van der Waals surface area contributed by atoms with E-state index in [9.17, 15) is 22.8 Å². The van der Waals surface area contributed by atoms with Crippen molar-refractivity contribution in [2.24, 2.45) is 0 Å². The first-order chi connectivity index (χ1) is 12.2. The Morgan fingerprint density at radius 2 is 1.88 bits per heavy atom. The van der Waals surface area contributed by atoms with Gasteiger partial charge in [-0.1, -0.05) is 18.2 Å². The van der Waals surface area contributed by atoms with Crippen molar-refractivity contribution in [3.05, 3.63) is 55.1 Å². The van der Waals surface area contributed by atoms with Crippen molar-refractivity contribution >= 4 is 23.6 Å². The maximum atomic E-state index is 12.8. The molecule has 1 rings (SSSR count). The third-order valence-corrected chi connectivity index (χ3v) is 4.35. The summed E-state index contributed by atoms with van der Waals surface area (Å²) in [6, 6.07) is 3.97. The average Bonchev–Trinajstić information content (AvgIpc) is 2.57. The molecule has 1 aromatic rings. The van der Waals surface area contributed by atoms with Gasteiger partial charge in [-0.3, -0.25) is 9.59 Å². The van der Waals surface area contributed by atoms with Gasteiger partial charge < -0.3 is 10.2 Å². The SMILES string of the molecule is C=CCN(CC=C)C(=O)C(CSc1cccc(C(F)(F)F)c1)NC(C)=O. The summed E-state index contributed by atoms with van der Waals surface area (Å²) in [4.78, 5) is 25.9. The molecule has 2 amide bonds. The van der Waals surface area contributed by atoms with Crippen molar-refractivity contribution in [3.63, 3.8) is 0 Å². The maximum Gasteiger partial charge on any atom is 0.416 e. The fourth-order valence-electron chi connectivity index (χ4n) is 2.15. The molecule has 4 nitrogen and oxygen atoms in total. The Kier molecular flexibility index (Phi) is 8.44. The van der Waals surface area contributed by atoms with Crippen LogP contribution in [0, 0.1) is 0 Å². The lowest BCUT2D eigenvalue weighted by Crippen LogP contribution is -2.49. The molecule has 1 N–H and O–H groups in total. The Hall–Kier alpha value is -2.22. The normalized spacial score (nSPS) is 12.2. The van der Waals surface area contributed by atoms with E-state index in [1.54, 1.807) is 12.2 Å². The molecule has 0 fully saturated rings. The molecule has 1 atom stereocenters. The Labute approximate surface area is 155 Å². The Bertz CT molecular complexity index is 652. The highest BCUT2D eigenvalue weighted by Gasteiger charge is 2.30. The molecule has 1 unspecified atom stereocenters. The number of amides is 2. The standard InChI is InChI=1S/C18H21F3N2O2S/c1-4-9-23(10-5-2)17(25)16(22-13(3)24)12-26-15-8-6-7-14(11-15)18(19,20)21/h4-8,11,16H,1-2,9-10,12H2,3H3,(H,22,24). The van der Waals surface area contributed by atoms with Crippen LogP contribution in [0.25, 0.3) is 0 Å². The van der Waals surface area contributed by atoms with Crippen molar-refractivity contribution in [1.82, 2.24) is 10.2 Å². The van der Waals surface area contributed by atoms with Gasteiger partial charge in [-0.2, -0.15) is 13.2 Å². The summed E-state index contributed by atoms with van der Waals surface area (Å²) < 4.78 is 38.4. The van der Waals surface area contributed by atoms with E-state index in [1.165, 1.54) is 24.0 Å². The van der Waals surface area contributed by atoms with E-state index in [1.807, 2.05) is 0 Å². The number of nitrogens with zero attached hydrogens (tertiary/aromatic N) is 1. The van der Waals surface area contributed by atoms with Gasteiger partial charge in [-0.15, -0.1) is 24.9 Å². The van der Waals surface area contributed by atoms with Crippen molar-refractivity contribution in [2.75, 3.05) is 18.8 Å². The topological polar surface area (TPSA) is 49.4 Å². The number of carbonyl (C=O) groups excluding carboxylic acids is 2. The average molecular weight is 386 g/mol. The highest BCUT2D eigenvalue weighted by molar-refractivity contribution is 7.99. The quantitative estimate of drug-likeness (QED) is 0.522. The first-order valence-electron chi connectivity index (χ1n) is 7.76. The van der Waals surface area contributed by atoms with Crippen LogP contribution < -0.4 is 5.32 Å². The molecule has 0 aliphatic rings. The van der Waals surface area contributed by atoms with Crippen molar-refractivity contribution < 1.29 is 22.8 Å². The molecule has 8 heteroatoms. The summed E-state index contributed by atoms with van der Waals surface area (Å²) in [5.74, 6) is -0.644. The number of benzene rings is 1. The predicted molar refractivity (Wildman–Crippen MR) is 96.7 cm³/mol. The fourth-order valence-corrected chi connectivity index (χ4v) is 3.12. The highest BCUT2D eigenvalue weighted by atomic mass is 32.2. The number of hydrogen-bond acceptors (Lipinski definition) is 3. The van der Waals surface area contributed by atoms with Crippen LogP contribution in [0.4, 0.5) is 13.2 Å². The molecule has 26 heavy (non-hydrogen) atoms. The molecular weight excluding hydrogens is 365 g/mol. The summed E-state index contributed by atoms with van der Waals surface area (Å²) in [6.45, 7) is 8.99. The van der Waals surface area contributed by atoms with Gasteiger partial charge in [0.1, 0.15) is 6.04 Å². The van der Waals surface area contributed by atoms with Crippen LogP contribution in [0.5, 0.6) is 0 Å². The van der Waals surface area contributed by atoms with Crippen LogP contribution in [0.2, 0.25) is 0 Å². The fraction of sp³-hybridized carbons (Fsp3) is 0.333. The van der Waals surface area contributed by atoms with E-state index >= 15 is 0 Å². The zero-order valence-corrected chi connectivity index (χ0v) is 15.2. The number of carbonyl (C=O) groups is 2. The molecule has 0 spiro atoms. The molecule has 1 aromatic carbocycles. The Morgan fingerprint density at radius 1 is 1.27 bits per heavy atom. The number of rotatable bonds is 9. The van der Waals surface area contributed by atoms with E-state index in [4.69, 9.17) is 0 Å². The van der Waals surface area contributed by atoms with Crippen LogP contribution in [0.15, 0.2) is 54.5 Å². The lowest BCUT2D eigenvalue weighted by Gasteiger charge is -2.25. The van der Waals surface area contributed by atoms with E-state index in [2.05, 4.69) is 18.5 Å². The van der Waals surface area contributed by atoms with Gasteiger partial charge in [0.05, 0.1) is 5.56 Å². The van der Waals surface area contributed by atoms with Crippen LogP contribution in [0.1, 0.15) is 12.5 Å². The van der Waals surface area contributed by atoms with Crippen LogP contribution >= 0.6 is 11.8 Å². The third-order valence-electron chi connectivity index (χ3n) is 3.26. The lowest BCUT2D eigenvalue weighted by molar-refractivity contribution is -0.137. The molecular formula is C18H21F3N2O2S. The van der Waals surface area contributed by atoms with Gasteiger partial charge >= 0.3 is 6.18 Å². The number of alkyl halides is 3. The Balaban J connectivity index is 2.91. The zero-order chi connectivity index (χ0) is 19.7. The Morgan fingerprint density at radius 3 is 2.38 bits per heavy atom. The first-order valence-corrected chi connectivity index (χ1v) is 8.75. The molecule has 142 valence electrons. The molecule has 0 aliphatic carbocycles. The molecule has 0 aliphatic heterocycles. The molecule has 0 saturated heterocycles. The second-order valence-electron chi connectivity index (χ2n) is 5.41. The lowest BCUT2D eigenvalue weighted by atomic mass is 10.2. The molecule has 0 saturated carbocycles. The van der Waals surface area contributed by atoms with Gasteiger partial charge in [-0.25, -0.2) is 0 Å². The van der Waals surface area contributed by atoms with Gasteiger partial charge in [0.15, 0.2) is 0 Å². The number of hydrogen-bond donors (Lipinski definition) is 1. The summed E-state index contributed by atoms with van der Waals surface area (Å²) >= 11 is 1.07. The van der Waals surface area contributed by atoms with Crippen molar-refractivity contribution in [1.29, 1.82) is 0 Å². The van der Waals surface area contributed by atoms with E-state index < -0.39 is 23.7 Å². The van der Waals surface area contributed by atoms with Crippen LogP contribution in [0.3, 0.4) is 0 Å². The van der Waals surface area contributed by atoms with Crippen LogP contribution in [-0.2, 0) is 15.8 Å². The maximum absolute atomic E-state index is 12.8. The molecule has 0 radical (unpaired) electrons. The largest absolute Gasteiger partial charge is 0.416 e. The minimum Gasteiger partial charge on any atom is -0.344 e. The van der Waals surface area contributed by atoms with Crippen LogP contribution in [-0.4, -0.2) is 41.6 Å². The summed E-state index contributed by atoms with van der Waals surface area (Å²) in [7, 11) is 0. The van der Waals surface area contributed by atoms with E-state index in [-0.39, 0.29) is 24.7 Å². The van der Waals surface area contributed by atoms with E-state index in [0.717, 1.165) is 23.9 Å². The van der Waals surface area contributed by atoms with Gasteiger partial charge in [0.2, 0.25) is 11.8 Å². The predicted octanol–water partition coefficient (Wildman–Crippen LogP) is 3.50. The zero-order valence-electron chi connectivity index (χ0n) is 14.4. The highest BCUT2D eigenvalue weighted by Crippen LogP contribution is 2.32. The smallest absolute Gasteiger partial charge is 0.344 e. The van der Waals surface area contributed by atoms with E-state index in [0.29, 0.717) is 4.90 Å². The second kappa shape index (κ2) is 10.1. The van der Waals surface area contributed by atoms with Crippen molar-refractivity contribution in [3.8, 4) is 0 Å². The summed E-state index contributed by atoms with van der Waals surface area (Å²) in [5, 5.41) is 2.55. The monoisotopic (exact) mass is 386 g/mol. The molecule has 0 heterocycles. The molecule has 0 bridgehead atoms. The number of thioether (sulfide) groups is 1.